The van der Waals surface area contributed by atoms with E-state index in [4.69, 9.17) is 9.47 Å². The Labute approximate surface area is 147 Å². The highest BCUT2D eigenvalue weighted by Crippen LogP contribution is 2.22. The third-order valence-electron chi connectivity index (χ3n) is 3.28. The average Bonchev–Trinajstić information content (AvgIpc) is 2.63. The zero-order valence-corrected chi connectivity index (χ0v) is 14.3. The van der Waals surface area contributed by atoms with Crippen LogP contribution < -0.4 is 31.5 Å². The summed E-state index contributed by atoms with van der Waals surface area (Å²) in [6.07, 6.45) is 1.41. The van der Waals surface area contributed by atoms with Gasteiger partial charge in [-0.25, -0.2) is 15.3 Å². The van der Waals surface area contributed by atoms with E-state index in [9.17, 15) is 14.4 Å². The van der Waals surface area contributed by atoms with Gasteiger partial charge in [0.1, 0.15) is 17.5 Å². The molecular weight excluding hydrogens is 344 g/mol. The predicted molar refractivity (Wildman–Crippen MR) is 93.8 cm³/mol. The number of carbonyl (C=O) groups excluding carboxylic acids is 1. The number of hydrogen-bond acceptors (Lipinski definition) is 8. The van der Waals surface area contributed by atoms with Gasteiger partial charge in [0, 0.05) is 11.6 Å². The minimum Gasteiger partial charge on any atom is -0.497 e. The number of carbonyl (C=O) groups is 1. The van der Waals surface area contributed by atoms with Gasteiger partial charge in [-0.1, -0.05) is 0 Å². The first-order valence-electron chi connectivity index (χ1n) is 7.45. The molecule has 11 nitrogen and oxygen atoms in total. The lowest BCUT2D eigenvalue weighted by Gasteiger charge is -2.11. The zero-order chi connectivity index (χ0) is 19.1. The summed E-state index contributed by atoms with van der Waals surface area (Å²) >= 11 is 0. The largest absolute Gasteiger partial charge is 0.497 e. The summed E-state index contributed by atoms with van der Waals surface area (Å²) in [5.41, 5.74) is 1.49. The Kier molecular flexibility index (Phi) is 6.09. The molecule has 0 bridgehead atoms. The number of benzene rings is 1. The Hall–Kier alpha value is -3.63. The summed E-state index contributed by atoms with van der Waals surface area (Å²) in [4.78, 5) is 36.5. The van der Waals surface area contributed by atoms with Crippen LogP contribution >= 0.6 is 0 Å². The third kappa shape index (κ3) is 4.69. The van der Waals surface area contributed by atoms with Crippen LogP contribution in [-0.2, 0) is 4.79 Å². The van der Waals surface area contributed by atoms with Crippen LogP contribution in [0.25, 0.3) is 0 Å². The minimum atomic E-state index is -0.829. The van der Waals surface area contributed by atoms with Gasteiger partial charge < -0.3 is 14.8 Å². The smallest absolute Gasteiger partial charge is 0.342 e. The van der Waals surface area contributed by atoms with Gasteiger partial charge in [0.15, 0.2) is 0 Å². The van der Waals surface area contributed by atoms with Crippen molar-refractivity contribution in [2.75, 3.05) is 19.5 Å². The fraction of sp³-hybridized carbons (Fsp3) is 0.267. The fourth-order valence-electron chi connectivity index (χ4n) is 1.90. The molecular formula is C15H18N6O5. The SMILES string of the molecule is COc1ccc(/C=N\NC(=O)[C@H](C)Nc2n[nH]c(=O)[nH]c2=O)c(OC)c1. The maximum Gasteiger partial charge on any atom is 0.342 e. The lowest BCUT2D eigenvalue weighted by Crippen LogP contribution is -2.38. The summed E-state index contributed by atoms with van der Waals surface area (Å²) in [5, 5.41) is 12.0. The zero-order valence-electron chi connectivity index (χ0n) is 14.3. The number of rotatable bonds is 7. The van der Waals surface area contributed by atoms with E-state index in [1.165, 1.54) is 20.2 Å². The quantitative estimate of drug-likeness (QED) is 0.380. The molecule has 0 radical (unpaired) electrons. The van der Waals surface area contributed by atoms with Crippen LogP contribution in [-0.4, -0.2) is 47.6 Å². The van der Waals surface area contributed by atoms with Crippen LogP contribution in [0.2, 0.25) is 0 Å². The Morgan fingerprint density at radius 2 is 2.08 bits per heavy atom. The van der Waals surface area contributed by atoms with Crippen molar-refractivity contribution in [2.24, 2.45) is 5.10 Å². The molecule has 0 aliphatic carbocycles. The molecule has 0 saturated carbocycles. The van der Waals surface area contributed by atoms with Gasteiger partial charge in [-0.05, 0) is 19.1 Å². The second-order valence-electron chi connectivity index (χ2n) is 5.06. The van der Waals surface area contributed by atoms with E-state index in [1.807, 2.05) is 4.98 Å². The van der Waals surface area contributed by atoms with Crippen molar-refractivity contribution in [2.45, 2.75) is 13.0 Å². The number of anilines is 1. The van der Waals surface area contributed by atoms with Crippen LogP contribution in [0.1, 0.15) is 12.5 Å². The number of aromatic amines is 2. The predicted octanol–water partition coefficient (Wildman–Crippen LogP) is -0.574. The number of hydrogen-bond donors (Lipinski definition) is 4. The van der Waals surface area contributed by atoms with E-state index in [2.05, 4.69) is 26.0 Å². The Morgan fingerprint density at radius 3 is 2.73 bits per heavy atom. The molecule has 0 saturated heterocycles. The molecule has 0 fully saturated rings. The molecule has 1 amide bonds. The van der Waals surface area contributed by atoms with Crippen molar-refractivity contribution in [3.63, 3.8) is 0 Å². The number of hydrazone groups is 1. The van der Waals surface area contributed by atoms with E-state index in [-0.39, 0.29) is 5.82 Å². The molecule has 138 valence electrons. The molecule has 1 heterocycles. The van der Waals surface area contributed by atoms with E-state index >= 15 is 0 Å². The van der Waals surface area contributed by atoms with E-state index in [0.717, 1.165) is 0 Å². The highest BCUT2D eigenvalue weighted by Gasteiger charge is 2.14. The minimum absolute atomic E-state index is 0.187. The van der Waals surface area contributed by atoms with Gasteiger partial charge in [0.05, 0.1) is 20.4 Å². The van der Waals surface area contributed by atoms with Crippen LogP contribution in [0.3, 0.4) is 0 Å². The fourth-order valence-corrected chi connectivity index (χ4v) is 1.90. The van der Waals surface area contributed by atoms with Gasteiger partial charge in [-0.15, -0.1) is 5.10 Å². The van der Waals surface area contributed by atoms with Crippen LogP contribution in [0.4, 0.5) is 5.82 Å². The number of ether oxygens (including phenoxy) is 2. The number of nitrogens with zero attached hydrogens (tertiary/aromatic N) is 2. The highest BCUT2D eigenvalue weighted by molar-refractivity contribution is 5.87. The number of aromatic nitrogens is 3. The van der Waals surface area contributed by atoms with Crippen molar-refractivity contribution < 1.29 is 14.3 Å². The van der Waals surface area contributed by atoms with Crippen LogP contribution in [0, 0.1) is 0 Å². The molecule has 1 atom stereocenters. The van der Waals surface area contributed by atoms with E-state index < -0.39 is 23.2 Å². The molecule has 0 spiro atoms. The first kappa shape index (κ1) is 18.7. The third-order valence-corrected chi connectivity index (χ3v) is 3.28. The van der Waals surface area contributed by atoms with Gasteiger partial charge in [0.2, 0.25) is 5.82 Å². The number of nitrogens with one attached hydrogen (secondary N) is 4. The van der Waals surface area contributed by atoms with Gasteiger partial charge in [-0.3, -0.25) is 14.6 Å². The molecule has 2 aromatic rings. The summed E-state index contributed by atoms with van der Waals surface area (Å²) in [6, 6.07) is 4.30. The van der Waals surface area contributed by atoms with Crippen molar-refractivity contribution in [3.05, 3.63) is 44.6 Å². The molecule has 0 aliphatic rings. The lowest BCUT2D eigenvalue weighted by atomic mass is 10.2. The Balaban J connectivity index is 2.00. The second-order valence-corrected chi connectivity index (χ2v) is 5.06. The van der Waals surface area contributed by atoms with Crippen molar-refractivity contribution in [1.82, 2.24) is 20.6 Å². The molecule has 4 N–H and O–H groups in total. The van der Waals surface area contributed by atoms with Crippen molar-refractivity contribution in [3.8, 4) is 11.5 Å². The standard InChI is InChI=1S/C15H18N6O5/c1-8(17-12-14(23)18-15(24)21-19-12)13(22)20-16-7-9-4-5-10(25-2)6-11(9)26-3/h4-8H,1-3H3,(H,17,19)(H,20,22)(H2,18,21,23,24)/b16-7-/t8-/m0/s1. The van der Waals surface area contributed by atoms with Gasteiger partial charge >= 0.3 is 5.69 Å². The molecule has 26 heavy (non-hydrogen) atoms. The van der Waals surface area contributed by atoms with Crippen molar-refractivity contribution in [1.29, 1.82) is 0 Å². The Morgan fingerprint density at radius 1 is 1.31 bits per heavy atom. The number of amides is 1. The second kappa shape index (κ2) is 8.46. The maximum atomic E-state index is 12.0. The molecule has 1 aromatic heterocycles. The molecule has 2 rings (SSSR count). The van der Waals surface area contributed by atoms with Gasteiger partial charge in [-0.2, -0.15) is 5.10 Å². The average molecular weight is 362 g/mol. The Bertz CT molecular complexity index is 919. The number of H-pyrrole nitrogens is 2. The topological polar surface area (TPSA) is 151 Å². The van der Waals surface area contributed by atoms with Gasteiger partial charge in [0.25, 0.3) is 11.5 Å². The van der Waals surface area contributed by atoms with Crippen LogP contribution in [0.5, 0.6) is 11.5 Å². The summed E-state index contributed by atoms with van der Waals surface area (Å²) in [5.74, 6) is 0.450. The van der Waals surface area contributed by atoms with Crippen LogP contribution in [0.15, 0.2) is 32.9 Å². The first-order chi connectivity index (χ1) is 12.4. The summed E-state index contributed by atoms with van der Waals surface area (Å²) < 4.78 is 10.3. The van der Waals surface area contributed by atoms with Crippen molar-refractivity contribution >= 4 is 17.9 Å². The lowest BCUT2D eigenvalue weighted by molar-refractivity contribution is -0.121. The molecule has 1 aromatic carbocycles. The monoisotopic (exact) mass is 362 g/mol. The maximum absolute atomic E-state index is 12.0. The normalized spacial score (nSPS) is 11.8. The highest BCUT2D eigenvalue weighted by atomic mass is 16.5. The molecule has 11 heteroatoms. The van der Waals surface area contributed by atoms with E-state index in [1.54, 1.807) is 25.3 Å². The molecule has 0 unspecified atom stereocenters. The first-order valence-corrected chi connectivity index (χ1v) is 7.45. The summed E-state index contributed by atoms with van der Waals surface area (Å²) in [6.45, 7) is 1.51. The number of methoxy groups -OCH3 is 2. The van der Waals surface area contributed by atoms with E-state index in [0.29, 0.717) is 17.1 Å². The molecule has 0 aliphatic heterocycles. The summed E-state index contributed by atoms with van der Waals surface area (Å²) in [7, 11) is 3.05.